The summed E-state index contributed by atoms with van der Waals surface area (Å²) in [4.78, 5) is 27.6. The van der Waals surface area contributed by atoms with Crippen molar-refractivity contribution in [3.8, 4) is 0 Å². The summed E-state index contributed by atoms with van der Waals surface area (Å²) in [5.41, 5.74) is -3.21. The first-order chi connectivity index (χ1) is 22.6. The van der Waals surface area contributed by atoms with Crippen LogP contribution in [-0.4, -0.2) is 36.7 Å². The molecule has 13 heteroatoms. The Morgan fingerprint density at radius 1 is 0.938 bits per heavy atom. The lowest BCUT2D eigenvalue weighted by molar-refractivity contribution is -0.143. The number of hydrogen-bond donors (Lipinski definition) is 0. The standard InChI is InChI=1S/C35H34ClF6NO5/c1-3-46-31(44)30(36)16-25-14-15-33(27-12-8-5-9-13-27,43(20-25)32(45)47-21-24-10-6-4-7-11-24)22-48-23(2)26-17-28(34(37,38)39)19-29(18-26)35(40,41)42/h4-13,16-19,23,25H,3,14-15,20-22H2,1-2H3/t23-,25?,33?/m1/s1. The fourth-order valence-corrected chi connectivity index (χ4v) is 5.80. The molecule has 1 aliphatic rings. The highest BCUT2D eigenvalue weighted by Gasteiger charge is 2.47. The molecular formula is C35H34ClF6NO5. The van der Waals surface area contributed by atoms with Crippen molar-refractivity contribution < 1.29 is 50.1 Å². The summed E-state index contributed by atoms with van der Waals surface area (Å²) in [7, 11) is 0. The fourth-order valence-electron chi connectivity index (χ4n) is 5.57. The van der Waals surface area contributed by atoms with Gasteiger partial charge in [-0.15, -0.1) is 0 Å². The van der Waals surface area contributed by atoms with E-state index in [1.54, 1.807) is 67.6 Å². The van der Waals surface area contributed by atoms with Crippen LogP contribution in [-0.2, 0) is 43.5 Å². The second-order valence-electron chi connectivity index (χ2n) is 11.4. The molecule has 0 spiro atoms. The van der Waals surface area contributed by atoms with E-state index in [4.69, 9.17) is 25.8 Å². The number of ether oxygens (including phenoxy) is 3. The third-order valence-corrected chi connectivity index (χ3v) is 8.38. The monoisotopic (exact) mass is 697 g/mol. The minimum atomic E-state index is -5.03. The van der Waals surface area contributed by atoms with E-state index in [0.29, 0.717) is 29.7 Å². The predicted molar refractivity (Wildman–Crippen MR) is 166 cm³/mol. The van der Waals surface area contributed by atoms with Crippen LogP contribution < -0.4 is 0 Å². The summed E-state index contributed by atoms with van der Waals surface area (Å²) in [5.74, 6) is -1.16. The average Bonchev–Trinajstić information content (AvgIpc) is 3.06. The summed E-state index contributed by atoms with van der Waals surface area (Å²) in [6.45, 7) is 2.70. The number of likely N-dealkylation sites (tertiary alicyclic amines) is 1. The van der Waals surface area contributed by atoms with Crippen LogP contribution in [0.2, 0.25) is 0 Å². The Bertz CT molecular complexity index is 1550. The first-order valence-electron chi connectivity index (χ1n) is 15.1. The van der Waals surface area contributed by atoms with E-state index in [9.17, 15) is 35.9 Å². The minimum Gasteiger partial charge on any atom is -0.462 e. The number of piperidine rings is 1. The fraction of sp³-hybridized carbons (Fsp3) is 0.371. The molecule has 0 bridgehead atoms. The molecule has 3 atom stereocenters. The van der Waals surface area contributed by atoms with Crippen LogP contribution in [0.15, 0.2) is 90.0 Å². The smallest absolute Gasteiger partial charge is 0.416 e. The number of esters is 1. The van der Waals surface area contributed by atoms with E-state index < -0.39 is 53.1 Å². The van der Waals surface area contributed by atoms with E-state index >= 15 is 0 Å². The molecule has 0 radical (unpaired) electrons. The average molecular weight is 698 g/mol. The number of nitrogens with zero attached hydrogens (tertiary/aromatic N) is 1. The molecule has 3 aromatic rings. The van der Waals surface area contributed by atoms with Gasteiger partial charge in [0.1, 0.15) is 11.6 Å². The van der Waals surface area contributed by atoms with Crippen molar-refractivity contribution in [1.29, 1.82) is 0 Å². The Morgan fingerprint density at radius 2 is 1.52 bits per heavy atom. The maximum absolute atomic E-state index is 13.9. The van der Waals surface area contributed by atoms with Crippen LogP contribution >= 0.6 is 11.6 Å². The van der Waals surface area contributed by atoms with Crippen molar-refractivity contribution in [2.75, 3.05) is 19.8 Å². The highest BCUT2D eigenvalue weighted by atomic mass is 35.5. The highest BCUT2D eigenvalue weighted by molar-refractivity contribution is 6.41. The van der Waals surface area contributed by atoms with Crippen LogP contribution in [0.5, 0.6) is 0 Å². The maximum Gasteiger partial charge on any atom is 0.416 e. The van der Waals surface area contributed by atoms with Gasteiger partial charge in [-0.2, -0.15) is 26.3 Å². The molecule has 0 aromatic heterocycles. The van der Waals surface area contributed by atoms with Gasteiger partial charge in [0.25, 0.3) is 0 Å². The Balaban J connectivity index is 1.71. The van der Waals surface area contributed by atoms with Crippen LogP contribution in [0.25, 0.3) is 0 Å². The van der Waals surface area contributed by atoms with Crippen molar-refractivity contribution in [2.24, 2.45) is 5.92 Å². The molecule has 0 saturated carbocycles. The number of rotatable bonds is 10. The number of carbonyl (C=O) groups excluding carboxylic acids is 2. The van der Waals surface area contributed by atoms with Gasteiger partial charge in [0, 0.05) is 6.54 Å². The summed E-state index contributed by atoms with van der Waals surface area (Å²) in [6, 6.07) is 18.9. The minimum absolute atomic E-state index is 0.00232. The Morgan fingerprint density at radius 3 is 2.08 bits per heavy atom. The SMILES string of the molecule is CCOC(=O)C(Cl)=CC1CCC(CO[C@H](C)c2cc(C(F)(F)F)cc(C(F)(F)F)c2)(c2ccccc2)N(C(=O)OCc2ccccc2)C1. The molecule has 4 rings (SSSR count). The van der Waals surface area contributed by atoms with Gasteiger partial charge in [0.05, 0.1) is 36.0 Å². The number of alkyl halides is 6. The van der Waals surface area contributed by atoms with E-state index in [2.05, 4.69) is 0 Å². The van der Waals surface area contributed by atoms with Gasteiger partial charge in [0.2, 0.25) is 0 Å². The van der Waals surface area contributed by atoms with Gasteiger partial charge in [-0.05, 0) is 67.5 Å². The molecule has 0 N–H and O–H groups in total. The zero-order valence-electron chi connectivity index (χ0n) is 26.1. The second kappa shape index (κ2) is 15.5. The van der Waals surface area contributed by atoms with E-state index in [-0.39, 0.29) is 49.4 Å². The Kier molecular flexibility index (Phi) is 11.9. The van der Waals surface area contributed by atoms with Crippen molar-refractivity contribution in [2.45, 2.75) is 57.3 Å². The topological polar surface area (TPSA) is 65.1 Å². The molecule has 0 aliphatic carbocycles. The summed E-state index contributed by atoms with van der Waals surface area (Å²) in [6.07, 6.45) is -9.96. The summed E-state index contributed by atoms with van der Waals surface area (Å²) >= 11 is 6.23. The second-order valence-corrected chi connectivity index (χ2v) is 11.8. The Hall–Kier alpha value is -4.03. The largest absolute Gasteiger partial charge is 0.462 e. The number of halogens is 7. The quantitative estimate of drug-likeness (QED) is 0.120. The maximum atomic E-state index is 13.9. The lowest BCUT2D eigenvalue weighted by Gasteiger charge is -2.49. The molecule has 1 aliphatic heterocycles. The van der Waals surface area contributed by atoms with Crippen LogP contribution in [0.3, 0.4) is 0 Å². The molecule has 3 aromatic carbocycles. The van der Waals surface area contributed by atoms with Crippen molar-refractivity contribution in [1.82, 2.24) is 4.90 Å². The van der Waals surface area contributed by atoms with Crippen molar-refractivity contribution >= 4 is 23.7 Å². The first kappa shape index (κ1) is 36.8. The lowest BCUT2D eigenvalue weighted by atomic mass is 9.77. The number of benzene rings is 3. The third-order valence-electron chi connectivity index (χ3n) is 8.10. The van der Waals surface area contributed by atoms with Gasteiger partial charge in [-0.3, -0.25) is 4.90 Å². The lowest BCUT2D eigenvalue weighted by Crippen LogP contribution is -2.57. The molecule has 48 heavy (non-hydrogen) atoms. The first-order valence-corrected chi connectivity index (χ1v) is 15.5. The van der Waals surface area contributed by atoms with Crippen molar-refractivity contribution in [3.05, 3.63) is 118 Å². The molecule has 1 saturated heterocycles. The molecule has 1 heterocycles. The summed E-state index contributed by atoms with van der Waals surface area (Å²) in [5, 5.41) is -0.165. The van der Waals surface area contributed by atoms with Crippen LogP contribution in [0, 0.1) is 5.92 Å². The molecular weight excluding hydrogens is 664 g/mol. The number of carbonyl (C=O) groups is 2. The molecule has 6 nitrogen and oxygen atoms in total. The van der Waals surface area contributed by atoms with E-state index in [1.165, 1.54) is 17.9 Å². The van der Waals surface area contributed by atoms with Crippen LogP contribution in [0.4, 0.5) is 31.1 Å². The molecule has 258 valence electrons. The summed E-state index contributed by atoms with van der Waals surface area (Å²) < 4.78 is 98.4. The molecule has 2 unspecified atom stereocenters. The molecule has 1 amide bonds. The van der Waals surface area contributed by atoms with Gasteiger partial charge in [0.15, 0.2) is 0 Å². The third kappa shape index (κ3) is 9.10. The number of hydrogen-bond acceptors (Lipinski definition) is 5. The highest BCUT2D eigenvalue weighted by Crippen LogP contribution is 2.43. The number of amides is 1. The van der Waals surface area contributed by atoms with Gasteiger partial charge in [-0.25, -0.2) is 9.59 Å². The zero-order chi connectivity index (χ0) is 35.1. The molecule has 1 fully saturated rings. The van der Waals surface area contributed by atoms with E-state index in [0.717, 1.165) is 0 Å². The normalized spacial score (nSPS) is 19.5. The van der Waals surface area contributed by atoms with Crippen molar-refractivity contribution in [3.63, 3.8) is 0 Å². The van der Waals surface area contributed by atoms with Gasteiger partial charge >= 0.3 is 24.4 Å². The van der Waals surface area contributed by atoms with E-state index in [1.807, 2.05) is 0 Å². The zero-order valence-corrected chi connectivity index (χ0v) is 26.9. The van der Waals surface area contributed by atoms with Crippen LogP contribution in [0.1, 0.15) is 60.6 Å². The predicted octanol–water partition coefficient (Wildman–Crippen LogP) is 9.43. The van der Waals surface area contributed by atoms with Gasteiger partial charge < -0.3 is 14.2 Å². The Labute approximate surface area is 279 Å². The van der Waals surface area contributed by atoms with Gasteiger partial charge in [-0.1, -0.05) is 78.3 Å².